The molecule has 130 valence electrons. The molecule has 10 heteroatoms. The Morgan fingerprint density at radius 2 is 1.83 bits per heavy atom. The second-order valence-electron chi connectivity index (χ2n) is 5.24. The Morgan fingerprint density at radius 3 is 2.42 bits per heavy atom. The number of carbonyl (C=O) groups is 1. The van der Waals surface area contributed by atoms with E-state index < -0.39 is 15.9 Å². The Bertz CT molecular complexity index is 726. The van der Waals surface area contributed by atoms with Crippen molar-refractivity contribution in [3.63, 3.8) is 0 Å². The van der Waals surface area contributed by atoms with Gasteiger partial charge in [0.15, 0.2) is 4.32 Å². The number of piperidine rings is 1. The molecule has 0 aromatic heterocycles. The van der Waals surface area contributed by atoms with E-state index in [0.717, 1.165) is 44.8 Å². The number of nitrogens with one attached hydrogen (secondary N) is 1. The molecular formula is C14H18N4O3S3. The summed E-state index contributed by atoms with van der Waals surface area (Å²) in [6.45, 7) is 3.05. The maximum Gasteiger partial charge on any atom is 0.264 e. The predicted molar refractivity (Wildman–Crippen MR) is 97.6 cm³/mol. The fraction of sp³-hybridized carbons (Fsp3) is 0.429. The summed E-state index contributed by atoms with van der Waals surface area (Å²) in [5.74, 6) is -0.638. The lowest BCUT2D eigenvalue weighted by Gasteiger charge is -2.27. The summed E-state index contributed by atoms with van der Waals surface area (Å²) in [6, 6.07) is 5.77. The predicted octanol–water partition coefficient (Wildman–Crippen LogP) is 3.01. The number of amides is 1. The van der Waals surface area contributed by atoms with Crippen LogP contribution in [0.25, 0.3) is 0 Å². The molecule has 1 saturated heterocycles. The second-order valence-corrected chi connectivity index (χ2v) is 8.30. The normalized spacial score (nSPS) is 15.5. The number of nitrogens with zero attached hydrogens (tertiary/aromatic N) is 3. The van der Waals surface area contributed by atoms with E-state index in [-0.39, 0.29) is 4.90 Å². The SMILES string of the molecule is CC(=O)NS(=O)(=O)c1ccc(N=NSC(=S)N2CCCCC2)cc1. The molecule has 24 heavy (non-hydrogen) atoms. The van der Waals surface area contributed by atoms with Gasteiger partial charge in [-0.15, -0.1) is 9.63 Å². The number of rotatable bonds is 4. The maximum absolute atomic E-state index is 11.8. The highest BCUT2D eigenvalue weighted by molar-refractivity contribution is 8.21. The molecule has 0 bridgehead atoms. The van der Waals surface area contributed by atoms with Gasteiger partial charge in [0.2, 0.25) is 5.91 Å². The first-order chi connectivity index (χ1) is 11.4. The maximum atomic E-state index is 11.8. The van der Waals surface area contributed by atoms with Crippen molar-refractivity contribution in [2.75, 3.05) is 13.1 Å². The fourth-order valence-corrected chi connectivity index (χ4v) is 3.95. The molecule has 1 aromatic carbocycles. The van der Waals surface area contributed by atoms with Crippen molar-refractivity contribution in [2.45, 2.75) is 31.1 Å². The van der Waals surface area contributed by atoms with Crippen LogP contribution in [0.4, 0.5) is 5.69 Å². The summed E-state index contributed by atoms with van der Waals surface area (Å²) >= 11 is 6.45. The van der Waals surface area contributed by atoms with E-state index in [4.69, 9.17) is 12.2 Å². The number of likely N-dealkylation sites (tertiary alicyclic amines) is 1. The average Bonchev–Trinajstić information content (AvgIpc) is 2.55. The van der Waals surface area contributed by atoms with Gasteiger partial charge in [-0.2, -0.15) is 0 Å². The van der Waals surface area contributed by atoms with Crippen LogP contribution in [0.3, 0.4) is 0 Å². The van der Waals surface area contributed by atoms with Gasteiger partial charge in [-0.25, -0.2) is 13.1 Å². The summed E-state index contributed by atoms with van der Waals surface area (Å²) in [6.07, 6.45) is 3.52. The van der Waals surface area contributed by atoms with Gasteiger partial charge in [-0.3, -0.25) is 4.79 Å². The molecule has 0 saturated carbocycles. The van der Waals surface area contributed by atoms with Crippen LogP contribution in [0.15, 0.2) is 38.8 Å². The van der Waals surface area contributed by atoms with Crippen molar-refractivity contribution in [3.8, 4) is 0 Å². The third-order valence-corrected chi connectivity index (χ3v) is 5.82. The standard InChI is InChI=1S/C14H18N4O3S3/c1-11(19)16-24(20,21)13-7-5-12(6-8-13)15-17-23-14(22)18-9-3-2-4-10-18/h5-8H,2-4,9-10H2,1H3,(H,16,19). The van der Waals surface area contributed by atoms with Gasteiger partial charge < -0.3 is 4.90 Å². The van der Waals surface area contributed by atoms with Crippen molar-refractivity contribution in [3.05, 3.63) is 24.3 Å². The molecule has 1 heterocycles. The molecule has 0 spiro atoms. The Morgan fingerprint density at radius 1 is 1.21 bits per heavy atom. The Kier molecular flexibility index (Phi) is 6.69. The van der Waals surface area contributed by atoms with E-state index in [0.29, 0.717) is 10.0 Å². The first-order valence-electron chi connectivity index (χ1n) is 7.39. The molecule has 2 rings (SSSR count). The van der Waals surface area contributed by atoms with Crippen molar-refractivity contribution in [1.82, 2.24) is 9.62 Å². The van der Waals surface area contributed by atoms with Gasteiger partial charge in [0.25, 0.3) is 10.0 Å². The minimum absolute atomic E-state index is 0.00635. The summed E-state index contributed by atoms with van der Waals surface area (Å²) < 4.78 is 30.2. The smallest absolute Gasteiger partial charge is 0.264 e. The number of sulfonamides is 1. The minimum Gasteiger partial charge on any atom is -0.356 e. The highest BCUT2D eigenvalue weighted by Crippen LogP contribution is 2.21. The first-order valence-corrected chi connectivity index (χ1v) is 10.1. The largest absolute Gasteiger partial charge is 0.356 e. The number of hydrogen-bond acceptors (Lipinski definition) is 7. The molecule has 0 aliphatic carbocycles. The summed E-state index contributed by atoms with van der Waals surface area (Å²) in [5, 5.41) is 4.02. The molecule has 1 N–H and O–H groups in total. The molecule has 1 amide bonds. The highest BCUT2D eigenvalue weighted by atomic mass is 32.2. The monoisotopic (exact) mass is 386 g/mol. The van der Waals surface area contributed by atoms with Crippen LogP contribution in [-0.4, -0.2) is 36.6 Å². The Balaban J connectivity index is 1.93. The van der Waals surface area contributed by atoms with E-state index >= 15 is 0 Å². The topological polar surface area (TPSA) is 91.2 Å². The van der Waals surface area contributed by atoms with E-state index in [1.807, 2.05) is 4.72 Å². The van der Waals surface area contributed by atoms with Gasteiger partial charge in [0.1, 0.15) is 0 Å². The third-order valence-electron chi connectivity index (χ3n) is 3.31. The van der Waals surface area contributed by atoms with Crippen LogP contribution in [0, 0.1) is 0 Å². The lowest BCUT2D eigenvalue weighted by atomic mass is 10.1. The van der Waals surface area contributed by atoms with Crippen molar-refractivity contribution >= 4 is 50.1 Å². The van der Waals surface area contributed by atoms with Gasteiger partial charge >= 0.3 is 0 Å². The van der Waals surface area contributed by atoms with E-state index in [1.54, 1.807) is 0 Å². The number of hydrogen-bond donors (Lipinski definition) is 1. The molecule has 1 fully saturated rings. The van der Waals surface area contributed by atoms with Crippen LogP contribution in [0.2, 0.25) is 0 Å². The van der Waals surface area contributed by atoms with Gasteiger partial charge in [-0.1, -0.05) is 12.2 Å². The number of benzene rings is 1. The van der Waals surface area contributed by atoms with E-state index in [9.17, 15) is 13.2 Å². The van der Waals surface area contributed by atoms with Crippen LogP contribution in [-0.2, 0) is 14.8 Å². The average molecular weight is 387 g/mol. The molecule has 0 atom stereocenters. The zero-order valence-corrected chi connectivity index (χ0v) is 15.6. The molecule has 1 aromatic rings. The molecule has 7 nitrogen and oxygen atoms in total. The Hall–Kier alpha value is -1.52. The van der Waals surface area contributed by atoms with E-state index in [2.05, 4.69) is 14.5 Å². The van der Waals surface area contributed by atoms with Crippen molar-refractivity contribution in [2.24, 2.45) is 9.63 Å². The van der Waals surface area contributed by atoms with Gasteiger partial charge in [0.05, 0.1) is 22.5 Å². The third kappa shape index (κ3) is 5.53. The quantitative estimate of drug-likeness (QED) is 0.486. The molecule has 1 aliphatic rings. The fourth-order valence-electron chi connectivity index (χ4n) is 2.18. The number of thiocarbonyl (C=S) groups is 1. The molecule has 1 aliphatic heterocycles. The second kappa shape index (κ2) is 8.54. The summed E-state index contributed by atoms with van der Waals surface area (Å²) in [4.78, 5) is 13.0. The molecule has 0 radical (unpaired) electrons. The van der Waals surface area contributed by atoms with Crippen LogP contribution >= 0.6 is 24.2 Å². The van der Waals surface area contributed by atoms with Crippen molar-refractivity contribution < 1.29 is 13.2 Å². The zero-order chi connectivity index (χ0) is 17.6. The van der Waals surface area contributed by atoms with Crippen LogP contribution < -0.4 is 4.72 Å². The Labute approximate surface area is 151 Å². The van der Waals surface area contributed by atoms with Gasteiger partial charge in [0, 0.05) is 20.0 Å². The number of carbonyl (C=O) groups excluding carboxylic acids is 1. The van der Waals surface area contributed by atoms with Crippen LogP contribution in [0.5, 0.6) is 0 Å². The highest BCUT2D eigenvalue weighted by Gasteiger charge is 2.15. The van der Waals surface area contributed by atoms with Crippen LogP contribution in [0.1, 0.15) is 26.2 Å². The zero-order valence-electron chi connectivity index (χ0n) is 13.1. The van der Waals surface area contributed by atoms with E-state index in [1.165, 1.54) is 30.7 Å². The van der Waals surface area contributed by atoms with Gasteiger partial charge in [-0.05, 0) is 43.5 Å². The molecule has 0 unspecified atom stereocenters. The first kappa shape index (κ1) is 18.8. The summed E-state index contributed by atoms with van der Waals surface area (Å²) in [5.41, 5.74) is 0.505. The van der Waals surface area contributed by atoms with Crippen molar-refractivity contribution in [1.29, 1.82) is 0 Å². The minimum atomic E-state index is -3.83. The lowest BCUT2D eigenvalue weighted by molar-refractivity contribution is -0.117. The molecular weight excluding hydrogens is 368 g/mol. The summed E-state index contributed by atoms with van der Waals surface area (Å²) in [7, 11) is -3.83. The lowest BCUT2D eigenvalue weighted by Crippen LogP contribution is -2.32.